The zero-order chi connectivity index (χ0) is 11.0. The van der Waals surface area contributed by atoms with Crippen molar-refractivity contribution < 1.29 is 0 Å². The van der Waals surface area contributed by atoms with Crippen molar-refractivity contribution in [2.24, 2.45) is 0 Å². The maximum absolute atomic E-state index is 4.41. The van der Waals surface area contributed by atoms with Crippen molar-refractivity contribution in [2.75, 3.05) is 0 Å². The maximum atomic E-state index is 4.41. The number of fused-ring (bicyclic) bond motifs is 1. The van der Waals surface area contributed by atoms with Gasteiger partial charge in [-0.2, -0.15) is 0 Å². The Kier molecular flexibility index (Phi) is 1.93. The molecule has 0 radical (unpaired) electrons. The van der Waals surface area contributed by atoms with Crippen LogP contribution in [-0.4, -0.2) is 20.0 Å². The normalized spacial score (nSPS) is 10.8. The highest BCUT2D eigenvalue weighted by Gasteiger charge is 2.05. The predicted molar refractivity (Wildman–Crippen MR) is 61.4 cm³/mol. The number of hydrogen-bond acceptors (Lipinski definition) is 3. The lowest BCUT2D eigenvalue weighted by molar-refractivity contribution is 0.754. The molecule has 16 heavy (non-hydrogen) atoms. The van der Waals surface area contributed by atoms with Gasteiger partial charge in [-0.25, -0.2) is 0 Å². The quantitative estimate of drug-likeness (QED) is 0.618. The summed E-state index contributed by atoms with van der Waals surface area (Å²) < 4.78 is 0. The molecule has 4 nitrogen and oxygen atoms in total. The van der Waals surface area contributed by atoms with E-state index in [9.17, 15) is 0 Å². The number of hydrogen-bond donors (Lipinski definition) is 0. The number of pyridine rings is 1. The van der Waals surface area contributed by atoms with Crippen molar-refractivity contribution in [3.05, 3.63) is 48.3 Å². The molecule has 0 saturated heterocycles. The Bertz CT molecular complexity index is 609. The Morgan fingerprint density at radius 3 is 2.25 bits per heavy atom. The van der Waals surface area contributed by atoms with Crippen LogP contribution in [0, 0.1) is 6.92 Å². The van der Waals surface area contributed by atoms with Crippen molar-refractivity contribution in [1.82, 2.24) is 20.0 Å². The molecule has 4 heteroatoms. The van der Waals surface area contributed by atoms with Crippen molar-refractivity contribution in [1.29, 1.82) is 0 Å². The van der Waals surface area contributed by atoms with E-state index in [-0.39, 0.29) is 0 Å². The molecule has 0 aliphatic rings. The Hall–Kier alpha value is -2.23. The first-order chi connectivity index (χ1) is 7.84. The number of aryl methyl sites for hydroxylation is 1. The fraction of sp³-hybridized carbons (Fsp3) is 0.0833. The van der Waals surface area contributed by atoms with E-state index >= 15 is 0 Å². The van der Waals surface area contributed by atoms with Gasteiger partial charge in [0, 0.05) is 6.20 Å². The van der Waals surface area contributed by atoms with Crippen LogP contribution in [0.15, 0.2) is 42.6 Å². The molecule has 3 rings (SSSR count). The van der Waals surface area contributed by atoms with E-state index in [2.05, 4.69) is 15.2 Å². The van der Waals surface area contributed by atoms with Crippen LogP contribution in [0.3, 0.4) is 0 Å². The molecular formula is C12H10N4. The minimum atomic E-state index is 0.894. The number of aromatic nitrogens is 4. The Balaban J connectivity index is 2.23. The highest BCUT2D eigenvalue weighted by Crippen LogP contribution is 2.13. The van der Waals surface area contributed by atoms with E-state index in [4.69, 9.17) is 0 Å². The van der Waals surface area contributed by atoms with Gasteiger partial charge in [-0.05, 0) is 31.2 Å². The van der Waals surface area contributed by atoms with E-state index in [0.717, 1.165) is 22.4 Å². The third-order valence-electron chi connectivity index (χ3n) is 2.48. The zero-order valence-corrected chi connectivity index (χ0v) is 8.83. The smallest absolute Gasteiger partial charge is 0.113 e. The van der Waals surface area contributed by atoms with Crippen molar-refractivity contribution >= 4 is 11.0 Å². The highest BCUT2D eigenvalue weighted by atomic mass is 15.5. The molecule has 0 fully saturated rings. The molecule has 2 aromatic heterocycles. The van der Waals surface area contributed by atoms with Crippen LogP contribution in [0.4, 0.5) is 0 Å². The van der Waals surface area contributed by atoms with Gasteiger partial charge in [0.25, 0.3) is 0 Å². The summed E-state index contributed by atoms with van der Waals surface area (Å²) in [6.07, 6.45) is 1.77. The predicted octanol–water partition coefficient (Wildman–Crippen LogP) is 2.12. The van der Waals surface area contributed by atoms with Crippen molar-refractivity contribution in [2.45, 2.75) is 6.92 Å². The third-order valence-corrected chi connectivity index (χ3v) is 2.48. The fourth-order valence-corrected chi connectivity index (χ4v) is 1.65. The lowest BCUT2D eigenvalue weighted by atomic mass is 10.3. The van der Waals surface area contributed by atoms with Crippen molar-refractivity contribution in [3.8, 4) is 5.69 Å². The summed E-state index contributed by atoms with van der Waals surface area (Å²) in [4.78, 5) is 5.86. The summed E-state index contributed by atoms with van der Waals surface area (Å²) in [6, 6.07) is 11.7. The molecule has 0 N–H and O–H groups in total. The lowest BCUT2D eigenvalue weighted by Crippen LogP contribution is -2.01. The van der Waals surface area contributed by atoms with Gasteiger partial charge in [0.1, 0.15) is 16.7 Å². The minimum absolute atomic E-state index is 0.894. The summed E-state index contributed by atoms with van der Waals surface area (Å²) in [5, 5.41) is 8.82. The number of rotatable bonds is 1. The molecule has 0 saturated carbocycles. The summed E-state index contributed by atoms with van der Waals surface area (Å²) in [7, 11) is 0. The van der Waals surface area contributed by atoms with Crippen LogP contribution in [0.5, 0.6) is 0 Å². The summed E-state index contributed by atoms with van der Waals surface area (Å²) in [5.41, 5.74) is 3.62. The van der Waals surface area contributed by atoms with E-state index in [0.29, 0.717) is 0 Å². The van der Waals surface area contributed by atoms with Crippen molar-refractivity contribution in [3.63, 3.8) is 0 Å². The number of nitrogens with zero attached hydrogens (tertiary/aromatic N) is 4. The van der Waals surface area contributed by atoms with Gasteiger partial charge in [0.05, 0.1) is 5.69 Å². The summed E-state index contributed by atoms with van der Waals surface area (Å²) in [6.45, 7) is 1.95. The molecule has 0 spiro atoms. The summed E-state index contributed by atoms with van der Waals surface area (Å²) >= 11 is 0. The Labute approximate surface area is 92.6 Å². The Morgan fingerprint density at radius 2 is 1.62 bits per heavy atom. The number of benzene rings is 1. The standard InChI is InChI=1S/C12H10N4/c1-9-12(7-4-8-13-9)16-14-10-5-2-3-6-11(10)15-16/h2-8H,1H3. The van der Waals surface area contributed by atoms with Gasteiger partial charge in [0.2, 0.25) is 0 Å². The highest BCUT2D eigenvalue weighted by molar-refractivity contribution is 5.73. The van der Waals surface area contributed by atoms with Crippen LogP contribution < -0.4 is 0 Å². The van der Waals surface area contributed by atoms with Crippen LogP contribution in [0.2, 0.25) is 0 Å². The topological polar surface area (TPSA) is 43.6 Å². The van der Waals surface area contributed by atoms with Crippen LogP contribution in [0.1, 0.15) is 5.69 Å². The summed E-state index contributed by atoms with van der Waals surface area (Å²) in [5.74, 6) is 0. The molecular weight excluding hydrogens is 200 g/mol. The van der Waals surface area contributed by atoms with Gasteiger partial charge < -0.3 is 0 Å². The van der Waals surface area contributed by atoms with E-state index < -0.39 is 0 Å². The van der Waals surface area contributed by atoms with Crippen LogP contribution in [0.25, 0.3) is 16.7 Å². The van der Waals surface area contributed by atoms with E-state index in [1.54, 1.807) is 11.0 Å². The second-order valence-electron chi connectivity index (χ2n) is 3.59. The monoisotopic (exact) mass is 210 g/mol. The minimum Gasteiger partial charge on any atom is -0.259 e. The molecule has 0 amide bonds. The van der Waals surface area contributed by atoms with E-state index in [1.165, 1.54) is 0 Å². The molecule has 78 valence electrons. The molecule has 0 bridgehead atoms. The second kappa shape index (κ2) is 3.41. The van der Waals surface area contributed by atoms with Crippen LogP contribution in [-0.2, 0) is 0 Å². The zero-order valence-electron chi connectivity index (χ0n) is 8.83. The van der Waals surface area contributed by atoms with Crippen LogP contribution >= 0.6 is 0 Å². The van der Waals surface area contributed by atoms with Gasteiger partial charge in [0.15, 0.2) is 0 Å². The molecule has 0 aliphatic carbocycles. The van der Waals surface area contributed by atoms with E-state index in [1.807, 2.05) is 43.3 Å². The first kappa shape index (κ1) is 9.03. The average Bonchev–Trinajstić information content (AvgIpc) is 2.73. The molecule has 0 unspecified atom stereocenters. The fourth-order valence-electron chi connectivity index (χ4n) is 1.65. The first-order valence-electron chi connectivity index (χ1n) is 5.09. The molecule has 3 aromatic rings. The molecule has 0 aliphatic heterocycles. The third kappa shape index (κ3) is 1.35. The van der Waals surface area contributed by atoms with Gasteiger partial charge in [-0.1, -0.05) is 12.1 Å². The average molecular weight is 210 g/mol. The second-order valence-corrected chi connectivity index (χ2v) is 3.59. The lowest BCUT2D eigenvalue weighted by Gasteiger charge is -2.01. The molecule has 2 heterocycles. The largest absolute Gasteiger partial charge is 0.259 e. The van der Waals surface area contributed by atoms with Gasteiger partial charge in [-0.15, -0.1) is 15.0 Å². The molecule has 1 aromatic carbocycles. The van der Waals surface area contributed by atoms with Gasteiger partial charge >= 0.3 is 0 Å². The SMILES string of the molecule is Cc1ncccc1-n1nc2ccccc2n1. The molecule has 0 atom stereocenters. The Morgan fingerprint density at radius 1 is 0.938 bits per heavy atom. The van der Waals surface area contributed by atoms with Gasteiger partial charge in [-0.3, -0.25) is 4.98 Å². The maximum Gasteiger partial charge on any atom is 0.113 e. The first-order valence-corrected chi connectivity index (χ1v) is 5.09.